The number of nitrogens with zero attached hydrogens (tertiary/aromatic N) is 2. The van der Waals surface area contributed by atoms with E-state index in [0.717, 1.165) is 11.3 Å². The minimum Gasteiger partial charge on any atom is -0.478 e. The maximum absolute atomic E-state index is 10.8. The number of rotatable bonds is 3. The predicted octanol–water partition coefficient (Wildman–Crippen LogP) is 2.69. The number of para-hydroxylation sites is 1. The van der Waals surface area contributed by atoms with Crippen molar-refractivity contribution >= 4 is 5.97 Å². The van der Waals surface area contributed by atoms with Crippen LogP contribution in [0.15, 0.2) is 36.7 Å². The molecule has 1 N–H and O–H groups in total. The highest BCUT2D eigenvalue weighted by atomic mass is 16.4. The number of benzene rings is 1. The third kappa shape index (κ3) is 2.20. The van der Waals surface area contributed by atoms with E-state index in [1.54, 1.807) is 4.68 Å². The number of aromatic carboxylic acids is 1. The highest BCUT2D eigenvalue weighted by molar-refractivity contribution is 5.87. The number of carbonyl (C=O) groups is 1. The van der Waals surface area contributed by atoms with Crippen molar-refractivity contribution in [2.24, 2.45) is 0 Å². The van der Waals surface area contributed by atoms with E-state index in [1.165, 1.54) is 12.4 Å². The van der Waals surface area contributed by atoms with Gasteiger partial charge in [-0.15, -0.1) is 0 Å². The van der Waals surface area contributed by atoms with Gasteiger partial charge in [0.05, 0.1) is 17.4 Å². The second-order valence-corrected chi connectivity index (χ2v) is 4.19. The summed E-state index contributed by atoms with van der Waals surface area (Å²) in [6, 6.07) is 7.86. The van der Waals surface area contributed by atoms with Gasteiger partial charge in [-0.05, 0) is 17.5 Å². The minimum atomic E-state index is -0.960. The maximum Gasteiger partial charge on any atom is 0.338 e. The van der Waals surface area contributed by atoms with E-state index in [4.69, 9.17) is 5.11 Å². The Bertz CT molecular complexity index is 544. The Labute approximate surface area is 99.5 Å². The van der Waals surface area contributed by atoms with Gasteiger partial charge in [-0.1, -0.05) is 32.0 Å². The van der Waals surface area contributed by atoms with Crippen molar-refractivity contribution < 1.29 is 9.90 Å². The highest BCUT2D eigenvalue weighted by Gasteiger charge is 2.11. The molecule has 4 nitrogen and oxygen atoms in total. The van der Waals surface area contributed by atoms with Crippen LogP contribution in [0, 0.1) is 0 Å². The van der Waals surface area contributed by atoms with Gasteiger partial charge in [-0.3, -0.25) is 0 Å². The molecule has 1 heterocycles. The average molecular weight is 230 g/mol. The summed E-state index contributed by atoms with van der Waals surface area (Å²) in [5.74, 6) is -0.595. The summed E-state index contributed by atoms with van der Waals surface area (Å²) in [6.07, 6.45) is 2.89. The fraction of sp³-hybridized carbons (Fsp3) is 0.231. The second kappa shape index (κ2) is 4.41. The van der Waals surface area contributed by atoms with Crippen LogP contribution >= 0.6 is 0 Å². The van der Waals surface area contributed by atoms with Gasteiger partial charge < -0.3 is 5.11 Å². The van der Waals surface area contributed by atoms with Crippen molar-refractivity contribution in [3.63, 3.8) is 0 Å². The number of hydrogen-bond acceptors (Lipinski definition) is 2. The van der Waals surface area contributed by atoms with E-state index in [2.05, 4.69) is 18.9 Å². The summed E-state index contributed by atoms with van der Waals surface area (Å²) < 4.78 is 1.61. The van der Waals surface area contributed by atoms with E-state index in [1.807, 2.05) is 24.3 Å². The van der Waals surface area contributed by atoms with Crippen LogP contribution in [0.5, 0.6) is 0 Å². The fourth-order valence-electron chi connectivity index (χ4n) is 1.75. The van der Waals surface area contributed by atoms with Crippen LogP contribution < -0.4 is 0 Å². The van der Waals surface area contributed by atoms with Gasteiger partial charge in [0.15, 0.2) is 0 Å². The first-order valence-electron chi connectivity index (χ1n) is 5.47. The van der Waals surface area contributed by atoms with Crippen LogP contribution in [0.4, 0.5) is 0 Å². The molecule has 0 aliphatic carbocycles. The zero-order valence-corrected chi connectivity index (χ0v) is 9.79. The first kappa shape index (κ1) is 11.4. The molecule has 2 aromatic rings. The molecule has 0 aliphatic rings. The van der Waals surface area contributed by atoms with Gasteiger partial charge in [0.1, 0.15) is 0 Å². The zero-order chi connectivity index (χ0) is 12.4. The lowest BCUT2D eigenvalue weighted by Crippen LogP contribution is -2.01. The number of carboxylic acid groups (broad SMARTS) is 1. The number of hydrogen-bond donors (Lipinski definition) is 1. The van der Waals surface area contributed by atoms with E-state index in [0.29, 0.717) is 5.92 Å². The third-order valence-electron chi connectivity index (χ3n) is 2.64. The lowest BCUT2D eigenvalue weighted by atomic mass is 10.0. The molecule has 17 heavy (non-hydrogen) atoms. The van der Waals surface area contributed by atoms with Crippen LogP contribution in [-0.4, -0.2) is 20.9 Å². The molecule has 1 aromatic carbocycles. The molecule has 4 heteroatoms. The molecular formula is C13H14N2O2. The molecule has 0 radical (unpaired) electrons. The monoisotopic (exact) mass is 230 g/mol. The van der Waals surface area contributed by atoms with Gasteiger partial charge >= 0.3 is 5.97 Å². The average Bonchev–Trinajstić information content (AvgIpc) is 2.78. The maximum atomic E-state index is 10.8. The van der Waals surface area contributed by atoms with Crippen molar-refractivity contribution in [3.8, 4) is 5.69 Å². The molecule has 0 unspecified atom stereocenters. The second-order valence-electron chi connectivity index (χ2n) is 4.19. The van der Waals surface area contributed by atoms with Crippen molar-refractivity contribution in [3.05, 3.63) is 47.8 Å². The molecule has 0 saturated carbocycles. The van der Waals surface area contributed by atoms with Gasteiger partial charge in [0.25, 0.3) is 0 Å². The lowest BCUT2D eigenvalue weighted by Gasteiger charge is -2.11. The summed E-state index contributed by atoms with van der Waals surface area (Å²) in [5, 5.41) is 13.0. The van der Waals surface area contributed by atoms with E-state index >= 15 is 0 Å². The fourth-order valence-corrected chi connectivity index (χ4v) is 1.75. The van der Waals surface area contributed by atoms with E-state index < -0.39 is 5.97 Å². The zero-order valence-electron chi connectivity index (χ0n) is 9.79. The van der Waals surface area contributed by atoms with Crippen LogP contribution in [0.3, 0.4) is 0 Å². The summed E-state index contributed by atoms with van der Waals surface area (Å²) in [7, 11) is 0. The molecule has 0 saturated heterocycles. The molecular weight excluding hydrogens is 216 g/mol. The van der Waals surface area contributed by atoms with Crippen molar-refractivity contribution in [2.45, 2.75) is 19.8 Å². The van der Waals surface area contributed by atoms with Crippen molar-refractivity contribution in [1.82, 2.24) is 9.78 Å². The Balaban J connectivity index is 2.48. The van der Waals surface area contributed by atoms with Gasteiger partial charge in [-0.2, -0.15) is 5.10 Å². The summed E-state index contributed by atoms with van der Waals surface area (Å²) in [6.45, 7) is 4.20. The summed E-state index contributed by atoms with van der Waals surface area (Å²) >= 11 is 0. The summed E-state index contributed by atoms with van der Waals surface area (Å²) in [5.41, 5.74) is 2.27. The minimum absolute atomic E-state index is 0.198. The smallest absolute Gasteiger partial charge is 0.338 e. The molecule has 0 aliphatic heterocycles. The summed E-state index contributed by atoms with van der Waals surface area (Å²) in [4.78, 5) is 10.8. The Morgan fingerprint density at radius 2 is 2.06 bits per heavy atom. The normalized spacial score (nSPS) is 10.8. The third-order valence-corrected chi connectivity index (χ3v) is 2.64. The Morgan fingerprint density at radius 3 is 2.65 bits per heavy atom. The molecule has 0 amide bonds. The van der Waals surface area contributed by atoms with Gasteiger partial charge in [0.2, 0.25) is 0 Å². The van der Waals surface area contributed by atoms with E-state index in [9.17, 15) is 4.79 Å². The molecule has 0 bridgehead atoms. The standard InChI is InChI=1S/C13H14N2O2/c1-9(2)11-5-3-4-6-12(11)15-8-10(7-14-15)13(16)17/h3-9H,1-2H3,(H,16,17). The molecule has 0 atom stereocenters. The molecule has 0 spiro atoms. The Kier molecular flexibility index (Phi) is 2.95. The lowest BCUT2D eigenvalue weighted by molar-refractivity contribution is 0.0697. The van der Waals surface area contributed by atoms with E-state index in [-0.39, 0.29) is 5.56 Å². The number of carboxylic acids is 1. The topological polar surface area (TPSA) is 55.1 Å². The van der Waals surface area contributed by atoms with Crippen LogP contribution in [0.1, 0.15) is 35.7 Å². The molecule has 1 aromatic heterocycles. The van der Waals surface area contributed by atoms with Crippen LogP contribution in [0.2, 0.25) is 0 Å². The quantitative estimate of drug-likeness (QED) is 0.882. The SMILES string of the molecule is CC(C)c1ccccc1-n1cc(C(=O)O)cn1. The molecule has 0 fully saturated rings. The van der Waals surface area contributed by atoms with Crippen LogP contribution in [0.25, 0.3) is 5.69 Å². The predicted molar refractivity (Wildman–Crippen MR) is 64.6 cm³/mol. The largest absolute Gasteiger partial charge is 0.478 e. The Morgan fingerprint density at radius 1 is 1.35 bits per heavy atom. The molecule has 88 valence electrons. The van der Waals surface area contributed by atoms with Crippen molar-refractivity contribution in [1.29, 1.82) is 0 Å². The van der Waals surface area contributed by atoms with Gasteiger partial charge in [0, 0.05) is 6.20 Å². The van der Waals surface area contributed by atoms with Gasteiger partial charge in [-0.25, -0.2) is 9.48 Å². The first-order valence-corrected chi connectivity index (χ1v) is 5.47. The number of aromatic nitrogens is 2. The molecule has 2 rings (SSSR count). The highest BCUT2D eigenvalue weighted by Crippen LogP contribution is 2.22. The Hall–Kier alpha value is -2.10. The first-order chi connectivity index (χ1) is 8.09. The van der Waals surface area contributed by atoms with Crippen LogP contribution in [-0.2, 0) is 0 Å². The van der Waals surface area contributed by atoms with Crippen molar-refractivity contribution in [2.75, 3.05) is 0 Å².